The Bertz CT molecular complexity index is 269. The maximum absolute atomic E-state index is 7.13. The molecule has 0 N–H and O–H groups in total. The molecule has 0 saturated heterocycles. The standard InChI is InChI=1S/6CHNS.Ir.3Rb/c6*2-1-3;;;;/h6*3H;;;;/q;;;;;;+3;3*+1/p-6. The molecule has 0 amide bonds. The van der Waals surface area contributed by atoms with Gasteiger partial charge in [0.25, 0.3) is 0 Å². The maximum Gasteiger partial charge on any atom is 3.00 e. The van der Waals surface area contributed by atoms with E-state index in [1.807, 2.05) is 0 Å². The molecule has 0 aromatic rings. The third kappa shape index (κ3) is 708. The second kappa shape index (κ2) is 141. The van der Waals surface area contributed by atoms with Gasteiger partial charge < -0.3 is 75.8 Å². The summed E-state index contributed by atoms with van der Waals surface area (Å²) in [6.07, 6.45) is 0. The third-order valence-corrected chi connectivity index (χ3v) is 0. The zero-order valence-electron chi connectivity index (χ0n) is 11.5. The summed E-state index contributed by atoms with van der Waals surface area (Å²) in [7, 11) is 0. The summed E-state index contributed by atoms with van der Waals surface area (Å²) in [5, 5.41) is 50.8. The molecule has 0 aromatic carbocycles. The van der Waals surface area contributed by atoms with E-state index in [0.29, 0.717) is 0 Å². The molecule has 102 valence electrons. The Kier molecular flexibility index (Phi) is 405. The number of hydrogen-bond donors (Lipinski definition) is 0. The van der Waals surface area contributed by atoms with Gasteiger partial charge in [-0.2, -0.15) is 0 Å². The summed E-state index contributed by atoms with van der Waals surface area (Å²) in [5.74, 6) is 0. The molecule has 0 rings (SSSR count). The van der Waals surface area contributed by atoms with Crippen molar-refractivity contribution in [2.45, 2.75) is 0 Å². The van der Waals surface area contributed by atoms with Crippen molar-refractivity contribution in [3.63, 3.8) is 0 Å². The van der Waals surface area contributed by atoms with Crippen molar-refractivity contribution >= 4 is 75.8 Å². The van der Waals surface area contributed by atoms with Gasteiger partial charge in [-0.25, -0.2) is 31.6 Å². The van der Waals surface area contributed by atoms with E-state index in [2.05, 4.69) is 75.8 Å². The van der Waals surface area contributed by atoms with Crippen molar-refractivity contribution in [3.05, 3.63) is 0 Å². The van der Waals surface area contributed by atoms with E-state index >= 15 is 0 Å². The second-order valence-electron chi connectivity index (χ2n) is 0.548. The van der Waals surface area contributed by atoms with Gasteiger partial charge in [-0.15, -0.1) is 0 Å². The van der Waals surface area contributed by atoms with Crippen LogP contribution in [0.5, 0.6) is 0 Å². The average Bonchev–Trinajstić information content (AvgIpc) is 2.23. The van der Waals surface area contributed by atoms with Crippen molar-refractivity contribution in [1.29, 1.82) is 31.6 Å². The number of hydrogen-bond acceptors (Lipinski definition) is 12. The van der Waals surface area contributed by atoms with E-state index in [1.165, 1.54) is 32.4 Å². The summed E-state index contributed by atoms with van der Waals surface area (Å²) in [6.45, 7) is 0. The predicted molar refractivity (Wildman–Crippen MR) is 77.9 cm³/mol. The fraction of sp³-hybridized carbons (Fsp3) is 0. The molecule has 0 aliphatic carbocycles. The van der Waals surface area contributed by atoms with Crippen molar-refractivity contribution in [2.75, 3.05) is 0 Å². The Morgan fingerprint density at radius 1 is 0.364 bits per heavy atom. The molecule has 0 unspecified atom stereocenters. The second-order valence-corrected chi connectivity index (χ2v) is 1.64. The van der Waals surface area contributed by atoms with E-state index in [-0.39, 0.29) is 195 Å². The molecule has 0 saturated carbocycles. The molecule has 0 aromatic heterocycles. The van der Waals surface area contributed by atoms with Gasteiger partial charge in [0.2, 0.25) is 0 Å². The minimum Gasteiger partial charge on any atom is -0.696 e. The first kappa shape index (κ1) is 63.4. The molecule has 0 bridgehead atoms. The van der Waals surface area contributed by atoms with Crippen LogP contribution in [0.4, 0.5) is 0 Å². The van der Waals surface area contributed by atoms with Gasteiger partial charge in [-0.1, -0.05) is 32.4 Å². The fourth-order valence-corrected chi connectivity index (χ4v) is 0. The molecular formula is C6IrN6Rb3S6. The normalized spacial score (nSPS) is 1.91. The van der Waals surface area contributed by atoms with Gasteiger partial charge >= 0.3 is 195 Å². The van der Waals surface area contributed by atoms with Crippen LogP contribution in [0, 0.1) is 64.0 Å². The van der Waals surface area contributed by atoms with E-state index in [4.69, 9.17) is 31.6 Å². The Hall–Kier alpha value is 4.32. The van der Waals surface area contributed by atoms with E-state index in [0.717, 1.165) is 0 Å². The van der Waals surface area contributed by atoms with Crippen molar-refractivity contribution < 1.29 is 195 Å². The smallest absolute Gasteiger partial charge is 0.696 e. The average molecular weight is 797 g/mol. The Labute approximate surface area is 324 Å². The molecule has 0 spiro atoms. The van der Waals surface area contributed by atoms with Crippen LogP contribution in [-0.4, -0.2) is 0 Å². The zero-order chi connectivity index (χ0) is 16.2. The van der Waals surface area contributed by atoms with Gasteiger partial charge in [-0.3, -0.25) is 0 Å². The van der Waals surface area contributed by atoms with Crippen LogP contribution in [0.2, 0.25) is 0 Å². The van der Waals surface area contributed by atoms with Gasteiger partial charge in [0, 0.05) is 0 Å². The van der Waals surface area contributed by atoms with E-state index < -0.39 is 0 Å². The number of thiocyanates is 6. The molecule has 16 heteroatoms. The third-order valence-electron chi connectivity index (χ3n) is 0. The van der Waals surface area contributed by atoms with Crippen molar-refractivity contribution in [1.82, 2.24) is 0 Å². The van der Waals surface area contributed by atoms with Crippen LogP contribution < -0.4 is 175 Å². The molecule has 6 nitrogen and oxygen atoms in total. The van der Waals surface area contributed by atoms with Crippen LogP contribution in [0.3, 0.4) is 0 Å². The molecule has 0 aliphatic heterocycles. The molecule has 0 radical (unpaired) electrons. The fourth-order valence-electron chi connectivity index (χ4n) is 0. The van der Waals surface area contributed by atoms with Crippen LogP contribution >= 0.6 is 0 Å². The summed E-state index contributed by atoms with van der Waals surface area (Å²) in [4.78, 5) is 0. The van der Waals surface area contributed by atoms with E-state index in [9.17, 15) is 0 Å². The van der Waals surface area contributed by atoms with Crippen LogP contribution in [0.1, 0.15) is 0 Å². The zero-order valence-corrected chi connectivity index (χ0v) is 33.5. The van der Waals surface area contributed by atoms with Crippen LogP contribution in [0.15, 0.2) is 0 Å². The van der Waals surface area contributed by atoms with Crippen LogP contribution in [-0.2, 0) is 95.9 Å². The Balaban J connectivity index is -0.00000000947. The Morgan fingerprint density at radius 2 is 0.364 bits per heavy atom. The van der Waals surface area contributed by atoms with Gasteiger partial charge in [0.05, 0.1) is 0 Å². The first-order chi connectivity index (χ1) is 8.49. The minimum atomic E-state index is 0. The summed E-state index contributed by atoms with van der Waals surface area (Å²) in [6, 6.07) is 0. The van der Waals surface area contributed by atoms with Gasteiger partial charge in [-0.05, 0) is 0 Å². The molecular weight excluding hydrogens is 797 g/mol. The van der Waals surface area contributed by atoms with E-state index in [1.54, 1.807) is 0 Å². The quantitative estimate of drug-likeness (QED) is 0.170. The van der Waals surface area contributed by atoms with Gasteiger partial charge in [0.15, 0.2) is 0 Å². The molecule has 22 heavy (non-hydrogen) atoms. The predicted octanol–water partition coefficient (Wildman–Crippen LogP) is -8.90. The molecule has 0 atom stereocenters. The minimum absolute atomic E-state index is 0. The topological polar surface area (TPSA) is 143 Å². The summed E-state index contributed by atoms with van der Waals surface area (Å²) < 4.78 is 0. The molecule has 0 fully saturated rings. The first-order valence-electron chi connectivity index (χ1n) is 2.57. The first-order valence-corrected chi connectivity index (χ1v) is 5.02. The SMILES string of the molecule is N#C[S-].N#C[S-].N#C[S-].N#C[S-].N#C[S-].N#C[S-].[Ir+3].[Rb+].[Rb+].[Rb+]. The maximum atomic E-state index is 7.13. The number of nitrogens with zero attached hydrogens (tertiary/aromatic N) is 6. The monoisotopic (exact) mass is 796 g/mol. The molecule has 0 heterocycles. The Morgan fingerprint density at radius 3 is 0.364 bits per heavy atom. The number of rotatable bonds is 0. The van der Waals surface area contributed by atoms with Crippen LogP contribution in [0.25, 0.3) is 0 Å². The summed E-state index contributed by atoms with van der Waals surface area (Å²) >= 11 is 22.2. The number of nitriles is 6. The molecule has 0 aliphatic rings. The van der Waals surface area contributed by atoms with Crippen molar-refractivity contribution in [2.24, 2.45) is 0 Å². The van der Waals surface area contributed by atoms with Gasteiger partial charge in [0.1, 0.15) is 0 Å². The largest absolute Gasteiger partial charge is 3.00 e. The summed E-state index contributed by atoms with van der Waals surface area (Å²) in [5.41, 5.74) is 0. The van der Waals surface area contributed by atoms with Crippen molar-refractivity contribution in [3.8, 4) is 32.4 Å².